The number of carbonyl (C=O) groups is 1. The van der Waals surface area contributed by atoms with Crippen LogP contribution in [0.5, 0.6) is 5.75 Å². The molecule has 0 aliphatic rings. The number of methoxy groups -OCH3 is 1. The fourth-order valence-electron chi connectivity index (χ4n) is 2.86. The van der Waals surface area contributed by atoms with E-state index in [2.05, 4.69) is 52.5 Å². The van der Waals surface area contributed by atoms with Crippen molar-refractivity contribution < 1.29 is 9.53 Å². The summed E-state index contributed by atoms with van der Waals surface area (Å²) in [5, 5.41) is 16.3. The highest BCUT2D eigenvalue weighted by Crippen LogP contribution is 2.34. The van der Waals surface area contributed by atoms with E-state index in [1.54, 1.807) is 17.7 Å². The smallest absolute Gasteiger partial charge is 0.248 e. The van der Waals surface area contributed by atoms with Gasteiger partial charge in [-0.2, -0.15) is 9.61 Å². The number of anilines is 1. The summed E-state index contributed by atoms with van der Waals surface area (Å²) in [6, 6.07) is 11.3. The zero-order valence-electron chi connectivity index (χ0n) is 15.9. The van der Waals surface area contributed by atoms with Gasteiger partial charge in [-0.25, -0.2) is 0 Å². The van der Waals surface area contributed by atoms with Crippen molar-refractivity contribution in [2.75, 3.05) is 12.4 Å². The fourth-order valence-corrected chi connectivity index (χ4v) is 5.21. The number of fused-ring (bicyclic) bond motifs is 1. The first kappa shape index (κ1) is 20.7. The molecule has 0 saturated heterocycles. The fraction of sp³-hybridized carbons (Fsp3) is 0.100. The van der Waals surface area contributed by atoms with Crippen LogP contribution in [0.15, 0.2) is 51.4 Å². The molecule has 2 heterocycles. The van der Waals surface area contributed by atoms with E-state index in [1.165, 1.54) is 17.4 Å². The van der Waals surface area contributed by atoms with Gasteiger partial charge in [0.2, 0.25) is 10.9 Å². The highest BCUT2D eigenvalue weighted by molar-refractivity contribution is 9.11. The monoisotopic (exact) mass is 547 g/mol. The van der Waals surface area contributed by atoms with Crippen LogP contribution in [0, 0.1) is 6.92 Å². The van der Waals surface area contributed by atoms with Crippen molar-refractivity contribution in [1.82, 2.24) is 19.8 Å². The minimum Gasteiger partial charge on any atom is -0.495 e. The molecule has 0 bridgehead atoms. The summed E-state index contributed by atoms with van der Waals surface area (Å²) in [6.07, 6.45) is 3.18. The number of halogens is 2. The van der Waals surface area contributed by atoms with Gasteiger partial charge in [0.05, 0.1) is 17.3 Å². The van der Waals surface area contributed by atoms with Gasteiger partial charge in [-0.05, 0) is 53.2 Å². The van der Waals surface area contributed by atoms with Crippen LogP contribution in [0.4, 0.5) is 5.69 Å². The van der Waals surface area contributed by atoms with Crippen LogP contribution in [0.3, 0.4) is 0 Å². The first-order valence-electron chi connectivity index (χ1n) is 8.76. The van der Waals surface area contributed by atoms with Crippen molar-refractivity contribution in [3.05, 3.63) is 62.8 Å². The van der Waals surface area contributed by atoms with Crippen LogP contribution in [0.25, 0.3) is 21.6 Å². The van der Waals surface area contributed by atoms with Gasteiger partial charge in [-0.15, -0.1) is 10.2 Å². The van der Waals surface area contributed by atoms with E-state index in [0.29, 0.717) is 22.2 Å². The Labute approximate surface area is 193 Å². The minimum absolute atomic E-state index is 0.264. The highest BCUT2D eigenvalue weighted by Gasteiger charge is 2.14. The normalized spacial score (nSPS) is 11.3. The standard InChI is InChI=1S/C20H15Br2N5O2S/c1-11-24-25-20-27(11)26-19(30-20)14-5-3-4-6-16(14)23-17(28)8-7-12-9-13(21)10-15(22)18(12)29-2/h3-10H,1-2H3,(H,23,28)/b8-7+. The summed E-state index contributed by atoms with van der Waals surface area (Å²) >= 11 is 8.33. The number of aryl methyl sites for hydroxylation is 1. The van der Waals surface area contributed by atoms with E-state index >= 15 is 0 Å². The van der Waals surface area contributed by atoms with Crippen LogP contribution >= 0.6 is 43.2 Å². The first-order chi connectivity index (χ1) is 14.5. The number of ether oxygens (including phenoxy) is 1. The van der Waals surface area contributed by atoms with Gasteiger partial charge >= 0.3 is 0 Å². The third kappa shape index (κ3) is 4.16. The van der Waals surface area contributed by atoms with Gasteiger partial charge in [-0.3, -0.25) is 4.79 Å². The molecular weight excluding hydrogens is 534 g/mol. The number of aromatic nitrogens is 4. The Balaban J connectivity index is 1.60. The number of nitrogens with zero attached hydrogens (tertiary/aromatic N) is 4. The molecule has 30 heavy (non-hydrogen) atoms. The third-order valence-electron chi connectivity index (χ3n) is 4.22. The summed E-state index contributed by atoms with van der Waals surface area (Å²) in [7, 11) is 1.59. The molecule has 152 valence electrons. The van der Waals surface area contributed by atoms with Gasteiger partial charge < -0.3 is 10.1 Å². The molecule has 2 aromatic carbocycles. The van der Waals surface area contributed by atoms with Crippen molar-refractivity contribution in [2.24, 2.45) is 0 Å². The predicted molar refractivity (Wildman–Crippen MR) is 125 cm³/mol. The predicted octanol–water partition coefficient (Wildman–Crippen LogP) is 5.35. The Kier molecular flexibility index (Phi) is 5.98. The van der Waals surface area contributed by atoms with Crippen LogP contribution < -0.4 is 10.1 Å². The topological polar surface area (TPSA) is 81.4 Å². The molecule has 0 aliphatic heterocycles. The quantitative estimate of drug-likeness (QED) is 0.340. The average molecular weight is 549 g/mol. The number of benzene rings is 2. The lowest BCUT2D eigenvalue weighted by atomic mass is 10.1. The number of rotatable bonds is 5. The number of hydrogen-bond donors (Lipinski definition) is 1. The largest absolute Gasteiger partial charge is 0.495 e. The summed E-state index contributed by atoms with van der Waals surface area (Å²) in [6.45, 7) is 1.84. The van der Waals surface area contributed by atoms with E-state index in [1.807, 2.05) is 43.3 Å². The van der Waals surface area contributed by atoms with Gasteiger partial charge in [0.15, 0.2) is 5.82 Å². The molecule has 4 rings (SSSR count). The second-order valence-electron chi connectivity index (χ2n) is 6.23. The van der Waals surface area contributed by atoms with Gasteiger partial charge in [-0.1, -0.05) is 39.4 Å². The van der Waals surface area contributed by atoms with E-state index in [-0.39, 0.29) is 5.91 Å². The van der Waals surface area contributed by atoms with Crippen LogP contribution in [-0.4, -0.2) is 32.8 Å². The van der Waals surface area contributed by atoms with Crippen molar-refractivity contribution in [1.29, 1.82) is 0 Å². The van der Waals surface area contributed by atoms with Crippen LogP contribution in [-0.2, 0) is 4.79 Å². The van der Waals surface area contributed by atoms with E-state index < -0.39 is 0 Å². The van der Waals surface area contributed by atoms with E-state index in [4.69, 9.17) is 4.74 Å². The maximum Gasteiger partial charge on any atom is 0.248 e. The average Bonchev–Trinajstić information content (AvgIpc) is 3.28. The number of amides is 1. The number of para-hydroxylation sites is 1. The molecular formula is C20H15Br2N5O2S. The molecule has 7 nitrogen and oxygen atoms in total. The van der Waals surface area contributed by atoms with Gasteiger partial charge in [0, 0.05) is 21.7 Å². The summed E-state index contributed by atoms with van der Waals surface area (Å²) in [5.41, 5.74) is 2.25. The molecule has 0 saturated carbocycles. The van der Waals surface area contributed by atoms with E-state index in [9.17, 15) is 4.79 Å². The lowest BCUT2D eigenvalue weighted by Gasteiger charge is -2.09. The van der Waals surface area contributed by atoms with Crippen molar-refractivity contribution in [3.8, 4) is 16.3 Å². The number of hydrogen-bond acceptors (Lipinski definition) is 6. The van der Waals surface area contributed by atoms with Crippen molar-refractivity contribution in [2.45, 2.75) is 6.92 Å². The molecule has 2 aromatic heterocycles. The molecule has 0 spiro atoms. The third-order valence-corrected chi connectivity index (χ3v) is 6.20. The van der Waals surface area contributed by atoms with E-state index in [0.717, 1.165) is 25.1 Å². The van der Waals surface area contributed by atoms with Crippen LogP contribution in [0.1, 0.15) is 11.4 Å². The molecule has 0 fully saturated rings. The SMILES string of the molecule is COc1c(Br)cc(Br)cc1/C=C/C(=O)Nc1ccccc1-c1nn2c(C)nnc2s1. The Morgan fingerprint density at radius 2 is 2.03 bits per heavy atom. The second kappa shape index (κ2) is 8.66. The maximum absolute atomic E-state index is 12.6. The minimum atomic E-state index is -0.264. The molecule has 10 heteroatoms. The van der Waals surface area contributed by atoms with Crippen molar-refractivity contribution >= 4 is 65.8 Å². The maximum atomic E-state index is 12.6. The zero-order chi connectivity index (χ0) is 21.3. The molecule has 0 radical (unpaired) electrons. The Morgan fingerprint density at radius 3 is 2.80 bits per heavy atom. The van der Waals surface area contributed by atoms with Crippen LogP contribution in [0.2, 0.25) is 0 Å². The lowest BCUT2D eigenvalue weighted by molar-refractivity contribution is -0.111. The number of carbonyl (C=O) groups excluding carboxylic acids is 1. The Bertz CT molecular complexity index is 1280. The van der Waals surface area contributed by atoms with Gasteiger partial charge in [0.25, 0.3) is 0 Å². The molecule has 0 atom stereocenters. The zero-order valence-corrected chi connectivity index (χ0v) is 19.9. The molecule has 0 aliphatic carbocycles. The van der Waals surface area contributed by atoms with Crippen molar-refractivity contribution in [3.63, 3.8) is 0 Å². The lowest BCUT2D eigenvalue weighted by Crippen LogP contribution is -2.08. The molecule has 0 unspecified atom stereocenters. The molecule has 1 amide bonds. The first-order valence-corrected chi connectivity index (χ1v) is 11.2. The Morgan fingerprint density at radius 1 is 1.23 bits per heavy atom. The molecule has 4 aromatic rings. The van der Waals surface area contributed by atoms with Gasteiger partial charge in [0.1, 0.15) is 10.8 Å². The summed E-state index contributed by atoms with van der Waals surface area (Å²) < 4.78 is 8.78. The number of nitrogens with one attached hydrogen (secondary N) is 1. The highest BCUT2D eigenvalue weighted by atomic mass is 79.9. The summed E-state index contributed by atoms with van der Waals surface area (Å²) in [4.78, 5) is 13.3. The Hall–Kier alpha value is -2.56. The molecule has 1 N–H and O–H groups in total. The second-order valence-corrected chi connectivity index (χ2v) is 8.95. The summed E-state index contributed by atoms with van der Waals surface area (Å²) in [5.74, 6) is 1.10.